The Morgan fingerprint density at radius 3 is 2.45 bits per heavy atom. The number of rotatable bonds is 2. The maximum Gasteiger partial charge on any atom is 0.169 e. The van der Waals surface area contributed by atoms with Crippen molar-refractivity contribution in [3.63, 3.8) is 0 Å². The van der Waals surface area contributed by atoms with Gasteiger partial charge in [0.2, 0.25) is 0 Å². The van der Waals surface area contributed by atoms with Crippen molar-refractivity contribution < 1.29 is 9.47 Å². The highest BCUT2D eigenvalue weighted by Crippen LogP contribution is 2.64. The van der Waals surface area contributed by atoms with E-state index in [0.717, 1.165) is 37.9 Å². The van der Waals surface area contributed by atoms with Crippen molar-refractivity contribution >= 4 is 5.69 Å². The van der Waals surface area contributed by atoms with E-state index in [1.54, 1.807) is 5.56 Å². The monoisotopic (exact) mass is 421 g/mol. The smallest absolute Gasteiger partial charge is 0.169 e. The lowest BCUT2D eigenvalue weighted by molar-refractivity contribution is -0.181. The topological polar surface area (TPSA) is 21.7 Å². The van der Waals surface area contributed by atoms with Crippen molar-refractivity contribution in [2.24, 2.45) is 23.2 Å². The molecule has 31 heavy (non-hydrogen) atoms. The average molecular weight is 422 g/mol. The van der Waals surface area contributed by atoms with E-state index in [1.807, 2.05) is 11.1 Å². The fraction of sp³-hybridized carbons (Fsp3) is 0.714. The van der Waals surface area contributed by atoms with Gasteiger partial charge < -0.3 is 14.4 Å². The van der Waals surface area contributed by atoms with Crippen LogP contribution in [0.4, 0.5) is 5.69 Å². The molecule has 6 rings (SSSR count). The molecule has 1 aliphatic heterocycles. The molecule has 1 aromatic rings. The third-order valence-corrected chi connectivity index (χ3v) is 9.74. The second kappa shape index (κ2) is 7.35. The van der Waals surface area contributed by atoms with Gasteiger partial charge in [0, 0.05) is 38.5 Å². The van der Waals surface area contributed by atoms with Crippen molar-refractivity contribution in [1.82, 2.24) is 0 Å². The molecular weight excluding hydrogens is 382 g/mol. The van der Waals surface area contributed by atoms with Crippen LogP contribution in [0.2, 0.25) is 0 Å². The maximum atomic E-state index is 6.15. The normalized spacial score (nSPS) is 38.7. The molecule has 0 unspecified atom stereocenters. The molecule has 1 saturated heterocycles. The first kappa shape index (κ1) is 20.3. The summed E-state index contributed by atoms with van der Waals surface area (Å²) in [4.78, 5) is 2.21. The van der Waals surface area contributed by atoms with Gasteiger partial charge in [-0.05, 0) is 79.4 Å². The van der Waals surface area contributed by atoms with Gasteiger partial charge in [-0.2, -0.15) is 0 Å². The van der Waals surface area contributed by atoms with Crippen LogP contribution in [0, 0.1) is 23.2 Å². The first-order chi connectivity index (χ1) is 15.0. The number of benzene rings is 1. The van der Waals surface area contributed by atoms with Crippen molar-refractivity contribution in [3.8, 4) is 0 Å². The predicted molar refractivity (Wildman–Crippen MR) is 125 cm³/mol. The van der Waals surface area contributed by atoms with E-state index in [2.05, 4.69) is 50.2 Å². The molecule has 168 valence electrons. The van der Waals surface area contributed by atoms with E-state index in [0.29, 0.717) is 17.3 Å². The Hall–Kier alpha value is -1.32. The summed E-state index contributed by atoms with van der Waals surface area (Å²) in [6, 6.07) is 9.52. The number of hydrogen-bond acceptors (Lipinski definition) is 3. The zero-order chi connectivity index (χ0) is 21.2. The van der Waals surface area contributed by atoms with Gasteiger partial charge in [0.25, 0.3) is 0 Å². The lowest BCUT2D eigenvalue weighted by Gasteiger charge is -2.53. The van der Waals surface area contributed by atoms with Crippen molar-refractivity contribution in [2.75, 3.05) is 32.2 Å². The Kier molecular flexibility index (Phi) is 4.81. The molecule has 4 fully saturated rings. The van der Waals surface area contributed by atoms with E-state index in [4.69, 9.17) is 9.47 Å². The van der Waals surface area contributed by atoms with Gasteiger partial charge in [0.05, 0.1) is 13.2 Å². The predicted octanol–water partition coefficient (Wildman–Crippen LogP) is 6.30. The van der Waals surface area contributed by atoms with E-state index >= 15 is 0 Å². The number of allylic oxidation sites excluding steroid dienone is 2. The van der Waals surface area contributed by atoms with Crippen molar-refractivity contribution in [1.29, 1.82) is 0 Å². The van der Waals surface area contributed by atoms with Crippen molar-refractivity contribution in [2.45, 2.75) is 76.4 Å². The SMILES string of the molecule is CN(C)c1ccc([C@H]2C[C@]3(C)CCC[C@@H]3[C@@H]3CC[C@H]4CC5(CCC4=C32)OCCO5)cc1. The first-order valence-electron chi connectivity index (χ1n) is 12.8. The Morgan fingerprint density at radius 1 is 0.935 bits per heavy atom. The molecule has 0 N–H and O–H groups in total. The van der Waals surface area contributed by atoms with E-state index < -0.39 is 0 Å². The molecule has 3 nitrogen and oxygen atoms in total. The fourth-order valence-electron chi connectivity index (χ4n) is 8.30. The summed E-state index contributed by atoms with van der Waals surface area (Å²) >= 11 is 0. The molecule has 0 aromatic heterocycles. The van der Waals surface area contributed by atoms with Crippen LogP contribution in [-0.2, 0) is 9.47 Å². The summed E-state index contributed by atoms with van der Waals surface area (Å²) in [6.07, 6.45) is 11.7. The standard InChI is InChI=1S/C28H39NO2/c1-27-13-4-5-25(27)23-11-8-20-17-28(30-15-16-31-28)14-12-22(20)26(23)24(18-27)19-6-9-21(10-7-19)29(2)3/h6-7,9-10,20,23-25H,4-5,8,11-18H2,1-3H3/t20-,23-,24+,25+,27-/m0/s1. The van der Waals surface area contributed by atoms with Crippen LogP contribution < -0.4 is 4.90 Å². The number of fused-ring (bicyclic) bond motifs is 4. The minimum atomic E-state index is -0.263. The van der Waals surface area contributed by atoms with Crippen molar-refractivity contribution in [3.05, 3.63) is 41.0 Å². The molecule has 1 heterocycles. The van der Waals surface area contributed by atoms with E-state index in [-0.39, 0.29) is 5.79 Å². The third kappa shape index (κ3) is 3.22. The molecule has 5 aliphatic rings. The Labute approximate surface area is 188 Å². The number of anilines is 1. The molecule has 0 bridgehead atoms. The largest absolute Gasteiger partial charge is 0.378 e. The van der Waals surface area contributed by atoms with E-state index in [1.165, 1.54) is 50.6 Å². The van der Waals surface area contributed by atoms with E-state index in [9.17, 15) is 0 Å². The number of nitrogens with zero attached hydrogens (tertiary/aromatic N) is 1. The second-order valence-electron chi connectivity index (χ2n) is 11.6. The van der Waals surface area contributed by atoms with Crippen LogP contribution in [0.3, 0.4) is 0 Å². The highest BCUT2D eigenvalue weighted by molar-refractivity contribution is 5.49. The molecule has 3 saturated carbocycles. The summed E-state index contributed by atoms with van der Waals surface area (Å²) in [5, 5.41) is 0. The quantitative estimate of drug-likeness (QED) is 0.523. The average Bonchev–Trinajstić information content (AvgIpc) is 3.39. The van der Waals surface area contributed by atoms with Gasteiger partial charge in [-0.25, -0.2) is 0 Å². The van der Waals surface area contributed by atoms with Gasteiger partial charge >= 0.3 is 0 Å². The lowest BCUT2D eigenvalue weighted by atomic mass is 9.52. The molecule has 1 spiro atoms. The molecular formula is C28H39NO2. The van der Waals surface area contributed by atoms with Gasteiger partial charge in [0.15, 0.2) is 5.79 Å². The summed E-state index contributed by atoms with van der Waals surface area (Å²) in [5.41, 5.74) is 7.07. The van der Waals surface area contributed by atoms with Gasteiger partial charge in [-0.1, -0.05) is 36.6 Å². The molecule has 0 radical (unpaired) electrons. The third-order valence-electron chi connectivity index (χ3n) is 9.74. The highest BCUT2D eigenvalue weighted by atomic mass is 16.7. The highest BCUT2D eigenvalue weighted by Gasteiger charge is 2.54. The molecule has 3 heteroatoms. The maximum absolute atomic E-state index is 6.15. The van der Waals surface area contributed by atoms with Gasteiger partial charge in [-0.3, -0.25) is 0 Å². The Morgan fingerprint density at radius 2 is 1.71 bits per heavy atom. The van der Waals surface area contributed by atoms with Crippen LogP contribution in [-0.4, -0.2) is 33.1 Å². The van der Waals surface area contributed by atoms with Gasteiger partial charge in [0.1, 0.15) is 0 Å². The summed E-state index contributed by atoms with van der Waals surface area (Å²) in [6.45, 7) is 4.18. The summed E-state index contributed by atoms with van der Waals surface area (Å²) in [7, 11) is 4.27. The van der Waals surface area contributed by atoms with Gasteiger partial charge in [-0.15, -0.1) is 0 Å². The van der Waals surface area contributed by atoms with Crippen LogP contribution >= 0.6 is 0 Å². The first-order valence-corrected chi connectivity index (χ1v) is 12.8. The van der Waals surface area contributed by atoms with Crippen LogP contribution in [0.25, 0.3) is 0 Å². The Balaban J connectivity index is 1.41. The Bertz CT molecular complexity index is 866. The van der Waals surface area contributed by atoms with Crippen LogP contribution in [0.1, 0.15) is 76.2 Å². The molecule has 0 amide bonds. The number of hydrogen-bond donors (Lipinski definition) is 0. The number of ether oxygens (including phenoxy) is 2. The molecule has 1 aromatic carbocycles. The zero-order valence-electron chi connectivity index (χ0n) is 19.7. The lowest BCUT2D eigenvalue weighted by Crippen LogP contribution is -2.44. The minimum Gasteiger partial charge on any atom is -0.378 e. The zero-order valence-corrected chi connectivity index (χ0v) is 19.7. The van der Waals surface area contributed by atoms with Crippen LogP contribution in [0.15, 0.2) is 35.4 Å². The minimum absolute atomic E-state index is 0.263. The summed E-state index contributed by atoms with van der Waals surface area (Å²) < 4.78 is 12.3. The van der Waals surface area contributed by atoms with Crippen LogP contribution in [0.5, 0.6) is 0 Å². The molecule has 5 atom stereocenters. The summed E-state index contributed by atoms with van der Waals surface area (Å²) in [5.74, 6) is 2.74. The fourth-order valence-corrected chi connectivity index (χ4v) is 8.30. The second-order valence-corrected chi connectivity index (χ2v) is 11.6. The molecule has 4 aliphatic carbocycles.